The van der Waals surface area contributed by atoms with Gasteiger partial charge in [-0.05, 0) is 40.0 Å². The zero-order valence-corrected chi connectivity index (χ0v) is 10.8. The highest BCUT2D eigenvalue weighted by Crippen LogP contribution is 2.26. The molecule has 0 aromatic heterocycles. The quantitative estimate of drug-likeness (QED) is 0.649. The Balaban J connectivity index is 2.90. The van der Waals surface area contributed by atoms with Crippen LogP contribution in [0.25, 0.3) is 0 Å². The smallest absolute Gasteiger partial charge is 0.161 e. The van der Waals surface area contributed by atoms with Gasteiger partial charge >= 0.3 is 0 Å². The number of allylic oxidation sites excluding steroid dienone is 1. The maximum Gasteiger partial charge on any atom is 0.161 e. The summed E-state index contributed by atoms with van der Waals surface area (Å²) in [5.74, 6) is 0. The van der Waals surface area contributed by atoms with Crippen molar-refractivity contribution in [3.05, 3.63) is 12.2 Å². The van der Waals surface area contributed by atoms with Gasteiger partial charge in [-0.2, -0.15) is 0 Å². The minimum atomic E-state index is -3.03. The third-order valence-corrected chi connectivity index (χ3v) is 5.86. The van der Waals surface area contributed by atoms with Crippen LogP contribution in [0.4, 0.5) is 0 Å². The van der Waals surface area contributed by atoms with Crippen LogP contribution >= 0.6 is 0 Å². The van der Waals surface area contributed by atoms with Gasteiger partial charge in [0.2, 0.25) is 0 Å². The number of rotatable bonds is 1. The van der Waals surface area contributed by atoms with Gasteiger partial charge in [-0.3, -0.25) is 0 Å². The fourth-order valence-corrected chi connectivity index (χ4v) is 3.54. The molecule has 0 fully saturated rings. The maximum absolute atomic E-state index is 12.2. The van der Waals surface area contributed by atoms with E-state index in [0.29, 0.717) is 0 Å². The summed E-state index contributed by atoms with van der Waals surface area (Å²) in [5.41, 5.74) is 0. The topological polar surface area (TPSA) is 34.1 Å². The summed E-state index contributed by atoms with van der Waals surface area (Å²) < 4.78 is 23.8. The van der Waals surface area contributed by atoms with E-state index in [1.807, 2.05) is 12.2 Å². The Hall–Kier alpha value is -0.310. The van der Waals surface area contributed by atoms with Crippen molar-refractivity contribution >= 4 is 9.84 Å². The first-order valence-electron chi connectivity index (χ1n) is 5.76. The van der Waals surface area contributed by atoms with Crippen molar-refractivity contribution in [2.75, 3.05) is 0 Å². The lowest BCUT2D eigenvalue weighted by molar-refractivity contribution is 0.538. The SMILES string of the molecule is CC(C)(C)S(=O)(=O)[C@@H]1/C=C\CCCCC1. The van der Waals surface area contributed by atoms with Crippen LogP contribution in [0.15, 0.2) is 12.2 Å². The van der Waals surface area contributed by atoms with E-state index in [1.54, 1.807) is 20.8 Å². The van der Waals surface area contributed by atoms with Gasteiger partial charge in [0, 0.05) is 0 Å². The minimum Gasteiger partial charge on any atom is -0.228 e. The predicted octanol–water partition coefficient (Wildman–Crippen LogP) is 3.09. The molecule has 1 rings (SSSR count). The largest absolute Gasteiger partial charge is 0.228 e. The molecule has 0 heterocycles. The van der Waals surface area contributed by atoms with Gasteiger partial charge in [-0.25, -0.2) is 8.42 Å². The Kier molecular flexibility index (Phi) is 3.99. The van der Waals surface area contributed by atoms with Crippen molar-refractivity contribution < 1.29 is 8.42 Å². The molecule has 0 amide bonds. The normalized spacial score (nSPS) is 26.7. The van der Waals surface area contributed by atoms with Crippen molar-refractivity contribution in [2.24, 2.45) is 0 Å². The fourth-order valence-electron chi connectivity index (χ4n) is 1.84. The van der Waals surface area contributed by atoms with Gasteiger partial charge < -0.3 is 0 Å². The molecule has 0 N–H and O–H groups in total. The monoisotopic (exact) mass is 230 g/mol. The molecule has 3 heteroatoms. The van der Waals surface area contributed by atoms with Crippen molar-refractivity contribution in [2.45, 2.75) is 62.9 Å². The van der Waals surface area contributed by atoms with E-state index >= 15 is 0 Å². The van der Waals surface area contributed by atoms with Crippen molar-refractivity contribution in [3.63, 3.8) is 0 Å². The van der Waals surface area contributed by atoms with Crippen LogP contribution in [-0.2, 0) is 9.84 Å². The van der Waals surface area contributed by atoms with Crippen LogP contribution in [0, 0.1) is 0 Å². The lowest BCUT2D eigenvalue weighted by Gasteiger charge is -2.25. The second kappa shape index (κ2) is 4.69. The molecular weight excluding hydrogens is 208 g/mol. The molecule has 0 radical (unpaired) electrons. The molecule has 1 aliphatic rings. The number of hydrogen-bond donors (Lipinski definition) is 0. The van der Waals surface area contributed by atoms with Crippen LogP contribution in [0.2, 0.25) is 0 Å². The van der Waals surface area contributed by atoms with Gasteiger partial charge in [0.15, 0.2) is 9.84 Å². The molecule has 1 atom stereocenters. The molecule has 0 aromatic carbocycles. The molecule has 0 saturated carbocycles. The average molecular weight is 230 g/mol. The average Bonchev–Trinajstić information content (AvgIpc) is 1.99. The molecule has 2 nitrogen and oxygen atoms in total. The molecule has 0 saturated heterocycles. The zero-order valence-electron chi connectivity index (χ0n) is 9.99. The van der Waals surface area contributed by atoms with Crippen molar-refractivity contribution in [1.82, 2.24) is 0 Å². The molecule has 0 aromatic rings. The first kappa shape index (κ1) is 12.8. The molecule has 88 valence electrons. The highest BCUT2D eigenvalue weighted by atomic mass is 32.2. The summed E-state index contributed by atoms with van der Waals surface area (Å²) in [7, 11) is -3.03. The summed E-state index contributed by atoms with van der Waals surface area (Å²) >= 11 is 0. The van der Waals surface area contributed by atoms with E-state index in [2.05, 4.69) is 0 Å². The van der Waals surface area contributed by atoms with Crippen LogP contribution in [0.1, 0.15) is 52.9 Å². The molecule has 0 unspecified atom stereocenters. The van der Waals surface area contributed by atoms with E-state index < -0.39 is 14.6 Å². The molecule has 0 spiro atoms. The van der Waals surface area contributed by atoms with Crippen LogP contribution in [-0.4, -0.2) is 18.4 Å². The van der Waals surface area contributed by atoms with Crippen LogP contribution in [0.3, 0.4) is 0 Å². The third-order valence-electron chi connectivity index (χ3n) is 2.96. The summed E-state index contributed by atoms with van der Waals surface area (Å²) in [5, 5.41) is -0.266. The lowest BCUT2D eigenvalue weighted by atomic mass is 10.1. The Morgan fingerprint density at radius 2 is 1.80 bits per heavy atom. The first-order chi connectivity index (χ1) is 6.86. The zero-order chi connectivity index (χ0) is 11.5. The Morgan fingerprint density at radius 1 is 1.13 bits per heavy atom. The third kappa shape index (κ3) is 3.07. The molecular formula is C12H22O2S. The molecule has 0 aliphatic heterocycles. The van der Waals surface area contributed by atoms with E-state index in [4.69, 9.17) is 0 Å². The van der Waals surface area contributed by atoms with Crippen LogP contribution < -0.4 is 0 Å². The number of sulfone groups is 1. The second-order valence-corrected chi connectivity index (χ2v) is 8.18. The van der Waals surface area contributed by atoms with Gasteiger partial charge in [0.1, 0.15) is 0 Å². The summed E-state index contributed by atoms with van der Waals surface area (Å²) in [6.45, 7) is 5.36. The minimum absolute atomic E-state index is 0.266. The van der Waals surface area contributed by atoms with Crippen molar-refractivity contribution in [1.29, 1.82) is 0 Å². The molecule has 15 heavy (non-hydrogen) atoms. The van der Waals surface area contributed by atoms with Gasteiger partial charge in [0.25, 0.3) is 0 Å². The van der Waals surface area contributed by atoms with E-state index in [1.165, 1.54) is 6.42 Å². The predicted molar refractivity (Wildman–Crippen MR) is 64.7 cm³/mol. The fraction of sp³-hybridized carbons (Fsp3) is 0.833. The summed E-state index contributed by atoms with van der Waals surface area (Å²) in [6, 6.07) is 0. The summed E-state index contributed by atoms with van der Waals surface area (Å²) in [4.78, 5) is 0. The Morgan fingerprint density at radius 3 is 2.40 bits per heavy atom. The van der Waals surface area contributed by atoms with Gasteiger partial charge in [-0.15, -0.1) is 0 Å². The van der Waals surface area contributed by atoms with Gasteiger partial charge in [0.05, 0.1) is 10.00 Å². The maximum atomic E-state index is 12.2. The van der Waals surface area contributed by atoms with Gasteiger partial charge in [-0.1, -0.05) is 25.0 Å². The molecule has 0 bridgehead atoms. The molecule has 1 aliphatic carbocycles. The van der Waals surface area contributed by atoms with Crippen molar-refractivity contribution in [3.8, 4) is 0 Å². The number of hydrogen-bond acceptors (Lipinski definition) is 2. The Labute approximate surface area is 93.7 Å². The van der Waals surface area contributed by atoms with E-state index in [-0.39, 0.29) is 5.25 Å². The Bertz CT molecular complexity index is 320. The standard InChI is InChI=1S/C12H22O2S/c1-12(2,3)15(13,14)11-9-7-5-4-6-8-10-11/h7,9,11H,4-6,8,10H2,1-3H3/b9-7-/t11-/m1/s1. The summed E-state index contributed by atoms with van der Waals surface area (Å²) in [6.07, 6.45) is 9.13. The second-order valence-electron chi connectivity index (χ2n) is 5.26. The first-order valence-corrected chi connectivity index (χ1v) is 7.30. The van der Waals surface area contributed by atoms with E-state index in [0.717, 1.165) is 25.7 Å². The lowest BCUT2D eigenvalue weighted by Crippen LogP contribution is -2.36. The van der Waals surface area contributed by atoms with E-state index in [9.17, 15) is 8.42 Å². The highest BCUT2D eigenvalue weighted by molar-refractivity contribution is 7.93. The highest BCUT2D eigenvalue weighted by Gasteiger charge is 2.35. The van der Waals surface area contributed by atoms with Crippen LogP contribution in [0.5, 0.6) is 0 Å².